The minimum absolute atomic E-state index is 0.123. The third-order valence-electron chi connectivity index (χ3n) is 7.39. The van der Waals surface area contributed by atoms with Crippen LogP contribution in [0.4, 0.5) is 5.69 Å². The van der Waals surface area contributed by atoms with Crippen molar-refractivity contribution >= 4 is 17.6 Å². The molecule has 0 bridgehead atoms. The van der Waals surface area contributed by atoms with Gasteiger partial charge < -0.3 is 14.7 Å². The van der Waals surface area contributed by atoms with Crippen LogP contribution in [0.25, 0.3) is 0 Å². The first-order valence-corrected chi connectivity index (χ1v) is 13.8. The Morgan fingerprint density at radius 2 is 1.74 bits per heavy atom. The molecule has 4 rings (SSSR count). The van der Waals surface area contributed by atoms with E-state index in [4.69, 9.17) is 4.74 Å². The maximum absolute atomic E-state index is 13.7. The number of aromatic nitrogens is 1. The van der Waals surface area contributed by atoms with Crippen LogP contribution in [0.5, 0.6) is 5.75 Å². The molecule has 1 N–H and O–H groups in total. The molecule has 2 aromatic carbocycles. The fourth-order valence-electron chi connectivity index (χ4n) is 5.20. The van der Waals surface area contributed by atoms with Crippen molar-refractivity contribution < 1.29 is 19.4 Å². The number of methoxy groups -OCH3 is 1. The van der Waals surface area contributed by atoms with Crippen molar-refractivity contribution in [2.24, 2.45) is 0 Å². The van der Waals surface area contributed by atoms with Crippen molar-refractivity contribution in [1.29, 1.82) is 0 Å². The molecule has 1 aliphatic rings. The average molecular weight is 530 g/mol. The van der Waals surface area contributed by atoms with Crippen LogP contribution in [0.15, 0.2) is 60.9 Å². The number of aromatic carboxylic acids is 1. The van der Waals surface area contributed by atoms with E-state index in [9.17, 15) is 14.7 Å². The van der Waals surface area contributed by atoms with Gasteiger partial charge in [0.15, 0.2) is 0 Å². The van der Waals surface area contributed by atoms with E-state index in [-0.39, 0.29) is 11.5 Å². The number of anilines is 1. The number of hydrogen-bond donors (Lipinski definition) is 1. The quantitative estimate of drug-likeness (QED) is 0.391. The predicted molar refractivity (Wildman–Crippen MR) is 154 cm³/mol. The molecule has 206 valence electrons. The Labute approximate surface area is 231 Å². The van der Waals surface area contributed by atoms with E-state index in [1.165, 1.54) is 5.56 Å². The third-order valence-corrected chi connectivity index (χ3v) is 7.39. The molecule has 0 saturated carbocycles. The summed E-state index contributed by atoms with van der Waals surface area (Å²) < 4.78 is 5.71. The van der Waals surface area contributed by atoms with Gasteiger partial charge in [0.2, 0.25) is 0 Å². The maximum Gasteiger partial charge on any atom is 0.335 e. The summed E-state index contributed by atoms with van der Waals surface area (Å²) in [5.74, 6) is 0.138. The van der Waals surface area contributed by atoms with Gasteiger partial charge in [-0.2, -0.15) is 0 Å². The van der Waals surface area contributed by atoms with Gasteiger partial charge in [-0.1, -0.05) is 45.2 Å². The number of carboxylic acids is 1. The largest absolute Gasteiger partial charge is 0.496 e. The minimum atomic E-state index is -0.980. The second kappa shape index (κ2) is 13.4. The summed E-state index contributed by atoms with van der Waals surface area (Å²) in [5.41, 5.74) is 4.67. The van der Waals surface area contributed by atoms with Crippen molar-refractivity contribution in [2.45, 2.75) is 65.0 Å². The fourth-order valence-corrected chi connectivity index (χ4v) is 5.20. The van der Waals surface area contributed by atoms with E-state index in [0.717, 1.165) is 61.2 Å². The number of carbonyl (C=O) groups is 2. The van der Waals surface area contributed by atoms with Gasteiger partial charge in [-0.25, -0.2) is 4.79 Å². The zero-order valence-electron chi connectivity index (χ0n) is 23.2. The lowest BCUT2D eigenvalue weighted by molar-refractivity contribution is 0.0696. The first-order chi connectivity index (χ1) is 18.9. The zero-order valence-corrected chi connectivity index (χ0v) is 23.2. The number of benzene rings is 2. The Morgan fingerprint density at radius 3 is 2.44 bits per heavy atom. The molecule has 0 fully saturated rings. The molecule has 0 unspecified atom stereocenters. The summed E-state index contributed by atoms with van der Waals surface area (Å²) in [4.78, 5) is 33.9. The van der Waals surface area contributed by atoms with Gasteiger partial charge in [0, 0.05) is 43.3 Å². The lowest BCUT2D eigenvalue weighted by Gasteiger charge is -2.30. The van der Waals surface area contributed by atoms with Gasteiger partial charge in [-0.3, -0.25) is 14.7 Å². The Morgan fingerprint density at radius 1 is 0.974 bits per heavy atom. The van der Waals surface area contributed by atoms with Gasteiger partial charge in [0.25, 0.3) is 5.91 Å². The standard InChI is InChI=1S/C32H39N3O4/c1-23(2)24-12-14-30(39-3)28(18-24)22-34-16-7-5-4-6-8-17-35(31(36)26-10-9-15-33-20-26)29-13-11-25(32(37)38)19-27(29)21-34/h9-15,18-20,23H,4-8,16-17,21-22H2,1-3H3,(H,37,38). The fraction of sp³-hybridized carbons (Fsp3) is 0.406. The molecule has 0 spiro atoms. The normalized spacial score (nSPS) is 15.2. The van der Waals surface area contributed by atoms with Crippen molar-refractivity contribution in [3.63, 3.8) is 0 Å². The van der Waals surface area contributed by atoms with Crippen LogP contribution in [0.3, 0.4) is 0 Å². The number of nitrogens with zero attached hydrogens (tertiary/aromatic N) is 3. The topological polar surface area (TPSA) is 83.0 Å². The molecule has 1 amide bonds. The smallest absolute Gasteiger partial charge is 0.335 e. The van der Waals surface area contributed by atoms with Crippen LogP contribution in [-0.4, -0.2) is 47.1 Å². The Balaban J connectivity index is 1.75. The molecule has 39 heavy (non-hydrogen) atoms. The highest BCUT2D eigenvalue weighted by Crippen LogP contribution is 2.30. The van der Waals surface area contributed by atoms with E-state index in [2.05, 4.69) is 35.9 Å². The second-order valence-corrected chi connectivity index (χ2v) is 10.6. The number of carbonyl (C=O) groups excluding carboxylic acids is 1. The highest BCUT2D eigenvalue weighted by Gasteiger charge is 2.23. The van der Waals surface area contributed by atoms with E-state index in [1.54, 1.807) is 54.7 Å². The number of hydrogen-bond acceptors (Lipinski definition) is 5. The molecular weight excluding hydrogens is 490 g/mol. The molecule has 3 aromatic rings. The molecule has 0 saturated heterocycles. The Bertz CT molecular complexity index is 1280. The summed E-state index contributed by atoms with van der Waals surface area (Å²) in [6, 6.07) is 15.0. The van der Waals surface area contributed by atoms with Gasteiger partial charge in [-0.05, 0) is 72.8 Å². The maximum atomic E-state index is 13.7. The van der Waals surface area contributed by atoms with Crippen LogP contribution in [-0.2, 0) is 13.1 Å². The molecule has 2 heterocycles. The highest BCUT2D eigenvalue weighted by atomic mass is 16.5. The Kier molecular flexibility index (Phi) is 9.71. The van der Waals surface area contributed by atoms with Crippen molar-refractivity contribution in [3.8, 4) is 5.75 Å². The molecule has 0 atom stereocenters. The van der Waals surface area contributed by atoms with Crippen LogP contribution >= 0.6 is 0 Å². The average Bonchev–Trinajstić information content (AvgIpc) is 2.94. The summed E-state index contributed by atoms with van der Waals surface area (Å²) in [6.07, 6.45) is 8.43. The van der Waals surface area contributed by atoms with Crippen LogP contribution in [0, 0.1) is 0 Å². The van der Waals surface area contributed by atoms with Crippen molar-refractivity contribution in [3.05, 3.63) is 88.7 Å². The highest BCUT2D eigenvalue weighted by molar-refractivity contribution is 6.06. The minimum Gasteiger partial charge on any atom is -0.496 e. The van der Waals surface area contributed by atoms with E-state index < -0.39 is 5.97 Å². The first kappa shape index (κ1) is 28.3. The molecule has 0 aliphatic carbocycles. The summed E-state index contributed by atoms with van der Waals surface area (Å²) in [7, 11) is 1.70. The molecule has 7 nitrogen and oxygen atoms in total. The SMILES string of the molecule is COc1ccc(C(C)C)cc1CN1CCCCCCCN(C(=O)c2cccnc2)c2ccc(C(=O)O)cc2C1. The number of amides is 1. The number of rotatable bonds is 6. The summed E-state index contributed by atoms with van der Waals surface area (Å²) >= 11 is 0. The van der Waals surface area contributed by atoms with Crippen LogP contribution in [0.1, 0.15) is 89.3 Å². The van der Waals surface area contributed by atoms with E-state index in [0.29, 0.717) is 31.1 Å². The number of pyridine rings is 1. The third kappa shape index (κ3) is 7.24. The predicted octanol–water partition coefficient (Wildman–Crippen LogP) is 6.52. The lowest BCUT2D eigenvalue weighted by Crippen LogP contribution is -2.34. The van der Waals surface area contributed by atoms with Gasteiger partial charge in [-0.15, -0.1) is 0 Å². The molecular formula is C32H39N3O4. The summed E-state index contributed by atoms with van der Waals surface area (Å²) in [6.45, 7) is 6.97. The Hall–Kier alpha value is -3.71. The molecule has 1 aromatic heterocycles. The van der Waals surface area contributed by atoms with Crippen LogP contribution < -0.4 is 9.64 Å². The first-order valence-electron chi connectivity index (χ1n) is 13.8. The molecule has 7 heteroatoms. The lowest BCUT2D eigenvalue weighted by atomic mass is 9.99. The molecule has 0 radical (unpaired) electrons. The summed E-state index contributed by atoms with van der Waals surface area (Å²) in [5, 5.41) is 9.78. The van der Waals surface area contributed by atoms with Gasteiger partial charge in [0.05, 0.1) is 18.2 Å². The number of carboxylic acid groups (broad SMARTS) is 1. The molecule has 1 aliphatic heterocycles. The second-order valence-electron chi connectivity index (χ2n) is 10.6. The van der Waals surface area contributed by atoms with Crippen LogP contribution in [0.2, 0.25) is 0 Å². The van der Waals surface area contributed by atoms with E-state index >= 15 is 0 Å². The zero-order chi connectivity index (χ0) is 27.8. The number of ether oxygens (including phenoxy) is 1. The van der Waals surface area contributed by atoms with Crippen molar-refractivity contribution in [2.75, 3.05) is 25.1 Å². The van der Waals surface area contributed by atoms with Crippen molar-refractivity contribution in [1.82, 2.24) is 9.88 Å². The van der Waals surface area contributed by atoms with Gasteiger partial charge in [0.1, 0.15) is 5.75 Å². The monoisotopic (exact) mass is 529 g/mol. The van der Waals surface area contributed by atoms with E-state index in [1.807, 2.05) is 6.07 Å². The van der Waals surface area contributed by atoms with Gasteiger partial charge >= 0.3 is 5.97 Å². The number of fused-ring (bicyclic) bond motifs is 1.